The summed E-state index contributed by atoms with van der Waals surface area (Å²) in [5.41, 5.74) is 0. The zero-order valence-electron chi connectivity index (χ0n) is 7.47. The van der Waals surface area contributed by atoms with E-state index in [-0.39, 0.29) is 0 Å². The van der Waals surface area contributed by atoms with Gasteiger partial charge in [0.15, 0.2) is 0 Å². The highest BCUT2D eigenvalue weighted by atomic mass is 16.1. The fourth-order valence-corrected chi connectivity index (χ4v) is 1.72. The first-order valence-electron chi connectivity index (χ1n) is 4.38. The Morgan fingerprint density at radius 2 is 2.27 bits per heavy atom. The van der Waals surface area contributed by atoms with E-state index in [2.05, 4.69) is 18.9 Å². The van der Waals surface area contributed by atoms with Crippen molar-refractivity contribution in [1.29, 1.82) is 0 Å². The molecule has 2 nitrogen and oxygen atoms in total. The van der Waals surface area contributed by atoms with E-state index in [1.165, 1.54) is 0 Å². The summed E-state index contributed by atoms with van der Waals surface area (Å²) in [6, 6.07) is 0. The lowest BCUT2D eigenvalue weighted by atomic mass is 9.99. The van der Waals surface area contributed by atoms with Crippen LogP contribution in [0.4, 0.5) is 0 Å². The lowest BCUT2D eigenvalue weighted by Gasteiger charge is -2.23. The molecule has 1 atom stereocenters. The lowest BCUT2D eigenvalue weighted by Crippen LogP contribution is -2.29. The second-order valence-electron chi connectivity index (χ2n) is 3.71. The molecule has 0 aromatic heterocycles. The maximum Gasteiger partial charge on any atom is 0.133 e. The van der Waals surface area contributed by atoms with E-state index in [1.54, 1.807) is 0 Å². The van der Waals surface area contributed by atoms with Gasteiger partial charge in [-0.15, -0.1) is 0 Å². The van der Waals surface area contributed by atoms with E-state index in [0.29, 0.717) is 11.7 Å². The van der Waals surface area contributed by atoms with Gasteiger partial charge in [-0.2, -0.15) is 0 Å². The average Bonchev–Trinajstić information content (AvgIpc) is 1.83. The average molecular weight is 155 g/mol. The SMILES string of the molecule is C[C@@H]1CC(=O)CCCN(C)C1. The molecule has 0 spiro atoms. The van der Waals surface area contributed by atoms with Crippen molar-refractivity contribution >= 4 is 5.78 Å². The summed E-state index contributed by atoms with van der Waals surface area (Å²) in [7, 11) is 2.13. The number of carbonyl (C=O) groups excluding carboxylic acids is 1. The molecule has 64 valence electrons. The first-order valence-corrected chi connectivity index (χ1v) is 4.38. The fraction of sp³-hybridized carbons (Fsp3) is 0.889. The zero-order chi connectivity index (χ0) is 8.27. The van der Waals surface area contributed by atoms with E-state index >= 15 is 0 Å². The van der Waals surface area contributed by atoms with E-state index < -0.39 is 0 Å². The third-order valence-electron chi connectivity index (χ3n) is 2.19. The van der Waals surface area contributed by atoms with Gasteiger partial charge >= 0.3 is 0 Å². The monoisotopic (exact) mass is 155 g/mol. The predicted octanol–water partition coefficient (Wildman–Crippen LogP) is 1.31. The highest BCUT2D eigenvalue weighted by Gasteiger charge is 2.14. The van der Waals surface area contributed by atoms with Gasteiger partial charge in [0.1, 0.15) is 5.78 Å². The van der Waals surface area contributed by atoms with Crippen LogP contribution in [0.3, 0.4) is 0 Å². The highest BCUT2D eigenvalue weighted by Crippen LogP contribution is 2.11. The van der Waals surface area contributed by atoms with Crippen LogP contribution in [-0.4, -0.2) is 30.8 Å². The molecule has 11 heavy (non-hydrogen) atoms. The maximum atomic E-state index is 11.1. The van der Waals surface area contributed by atoms with Crippen LogP contribution in [0.15, 0.2) is 0 Å². The molecule has 1 aliphatic rings. The van der Waals surface area contributed by atoms with E-state index in [9.17, 15) is 4.79 Å². The number of nitrogens with zero attached hydrogens (tertiary/aromatic N) is 1. The summed E-state index contributed by atoms with van der Waals surface area (Å²) in [4.78, 5) is 13.5. The van der Waals surface area contributed by atoms with Crippen molar-refractivity contribution in [3.05, 3.63) is 0 Å². The van der Waals surface area contributed by atoms with E-state index in [0.717, 1.165) is 32.4 Å². The lowest BCUT2D eigenvalue weighted by molar-refractivity contribution is -0.120. The van der Waals surface area contributed by atoms with E-state index in [4.69, 9.17) is 0 Å². The van der Waals surface area contributed by atoms with Gasteiger partial charge in [0.05, 0.1) is 0 Å². The number of ketones is 1. The molecular weight excluding hydrogens is 138 g/mol. The van der Waals surface area contributed by atoms with Gasteiger partial charge in [0.2, 0.25) is 0 Å². The van der Waals surface area contributed by atoms with Gasteiger partial charge in [-0.3, -0.25) is 4.79 Å². The molecule has 0 amide bonds. The number of hydrogen-bond acceptors (Lipinski definition) is 2. The predicted molar refractivity (Wildman–Crippen MR) is 45.5 cm³/mol. The fourth-order valence-electron chi connectivity index (χ4n) is 1.72. The number of rotatable bonds is 0. The molecule has 0 radical (unpaired) electrons. The molecule has 1 fully saturated rings. The second kappa shape index (κ2) is 3.86. The van der Waals surface area contributed by atoms with Crippen LogP contribution in [0.1, 0.15) is 26.2 Å². The first-order chi connectivity index (χ1) is 5.18. The molecule has 1 rings (SSSR count). The van der Waals surface area contributed by atoms with Crippen LogP contribution in [0.25, 0.3) is 0 Å². The molecule has 1 heterocycles. The van der Waals surface area contributed by atoms with Crippen LogP contribution >= 0.6 is 0 Å². The summed E-state index contributed by atoms with van der Waals surface area (Å²) in [5, 5.41) is 0. The van der Waals surface area contributed by atoms with Crippen molar-refractivity contribution < 1.29 is 4.79 Å². The Hall–Kier alpha value is -0.370. The highest BCUT2D eigenvalue weighted by molar-refractivity contribution is 5.78. The van der Waals surface area contributed by atoms with Gasteiger partial charge in [-0.1, -0.05) is 6.92 Å². The molecular formula is C9H17NO. The Kier molecular flexibility index (Phi) is 3.06. The summed E-state index contributed by atoms with van der Waals surface area (Å²) >= 11 is 0. The number of carbonyl (C=O) groups is 1. The molecule has 0 aliphatic carbocycles. The van der Waals surface area contributed by atoms with Gasteiger partial charge in [-0.05, 0) is 25.9 Å². The number of likely N-dealkylation sites (tertiary alicyclic amines) is 1. The van der Waals surface area contributed by atoms with E-state index in [1.807, 2.05) is 0 Å². The van der Waals surface area contributed by atoms with Crippen molar-refractivity contribution in [2.45, 2.75) is 26.2 Å². The molecule has 0 aromatic carbocycles. The molecule has 0 unspecified atom stereocenters. The van der Waals surface area contributed by atoms with Crippen LogP contribution in [0.5, 0.6) is 0 Å². The first kappa shape index (κ1) is 8.72. The van der Waals surface area contributed by atoms with Crippen molar-refractivity contribution in [1.82, 2.24) is 4.90 Å². The van der Waals surface area contributed by atoms with Crippen LogP contribution in [-0.2, 0) is 4.79 Å². The topological polar surface area (TPSA) is 20.3 Å². The molecule has 0 saturated carbocycles. The minimum absolute atomic E-state index is 0.450. The Morgan fingerprint density at radius 1 is 1.55 bits per heavy atom. The largest absolute Gasteiger partial charge is 0.306 e. The molecule has 2 heteroatoms. The normalized spacial score (nSPS) is 29.6. The molecule has 1 saturated heterocycles. The molecule has 1 aliphatic heterocycles. The standard InChI is InChI=1S/C9H17NO/c1-8-6-9(11)4-3-5-10(2)7-8/h8H,3-7H2,1-2H3/t8-/m1/s1. The minimum atomic E-state index is 0.450. The molecule has 0 N–H and O–H groups in total. The van der Waals surface area contributed by atoms with Gasteiger partial charge in [-0.25, -0.2) is 0 Å². The maximum absolute atomic E-state index is 11.1. The summed E-state index contributed by atoms with van der Waals surface area (Å²) in [6.45, 7) is 4.31. The molecule has 0 bridgehead atoms. The van der Waals surface area contributed by atoms with Gasteiger partial charge in [0, 0.05) is 19.4 Å². The Labute approximate surface area is 68.6 Å². The second-order valence-corrected chi connectivity index (χ2v) is 3.71. The summed E-state index contributed by atoms with van der Waals surface area (Å²) < 4.78 is 0. The zero-order valence-corrected chi connectivity index (χ0v) is 7.47. The Morgan fingerprint density at radius 3 is 3.00 bits per heavy atom. The van der Waals surface area contributed by atoms with Gasteiger partial charge < -0.3 is 4.90 Å². The van der Waals surface area contributed by atoms with Crippen LogP contribution in [0.2, 0.25) is 0 Å². The number of hydrogen-bond donors (Lipinski definition) is 0. The van der Waals surface area contributed by atoms with Crippen LogP contribution < -0.4 is 0 Å². The van der Waals surface area contributed by atoms with Crippen molar-refractivity contribution in [3.8, 4) is 0 Å². The Bertz CT molecular complexity index is 144. The molecule has 0 aromatic rings. The quantitative estimate of drug-likeness (QED) is 0.525. The Balaban J connectivity index is 2.40. The summed E-state index contributed by atoms with van der Waals surface area (Å²) in [5.74, 6) is 0.999. The van der Waals surface area contributed by atoms with Crippen molar-refractivity contribution in [2.24, 2.45) is 5.92 Å². The van der Waals surface area contributed by atoms with Gasteiger partial charge in [0.25, 0.3) is 0 Å². The van der Waals surface area contributed by atoms with Crippen molar-refractivity contribution in [3.63, 3.8) is 0 Å². The number of Topliss-reactive ketones (excluding diaryl/α,β-unsaturated/α-hetero) is 1. The third-order valence-corrected chi connectivity index (χ3v) is 2.19. The third kappa shape index (κ3) is 3.02. The summed E-state index contributed by atoms with van der Waals surface area (Å²) in [6.07, 6.45) is 2.61. The smallest absolute Gasteiger partial charge is 0.133 e. The van der Waals surface area contributed by atoms with Crippen LogP contribution in [0, 0.1) is 5.92 Å². The minimum Gasteiger partial charge on any atom is -0.306 e. The van der Waals surface area contributed by atoms with Crippen molar-refractivity contribution in [2.75, 3.05) is 20.1 Å².